The molecule has 1 aromatic carbocycles. The quantitative estimate of drug-likeness (QED) is 0.910. The van der Waals surface area contributed by atoms with Crippen LogP contribution in [-0.2, 0) is 27.2 Å². The summed E-state index contributed by atoms with van der Waals surface area (Å²) in [6, 6.07) is 7.93. The third-order valence-electron chi connectivity index (χ3n) is 5.51. The number of hydrogen-bond donors (Lipinski definition) is 1. The fourth-order valence-corrected chi connectivity index (χ4v) is 4.21. The summed E-state index contributed by atoms with van der Waals surface area (Å²) in [5.41, 5.74) is 2.61. The van der Waals surface area contributed by atoms with Crippen molar-refractivity contribution < 1.29 is 14.3 Å². The monoisotopic (exact) mass is 328 g/mol. The number of hydrogen-bond acceptors (Lipinski definition) is 3. The Morgan fingerprint density at radius 3 is 2.58 bits per heavy atom. The Kier molecular flexibility index (Phi) is 4.27. The summed E-state index contributed by atoms with van der Waals surface area (Å²) < 4.78 is 5.68. The number of fused-ring (bicyclic) bond motifs is 1. The van der Waals surface area contributed by atoms with Crippen LogP contribution >= 0.6 is 0 Å². The predicted molar refractivity (Wildman–Crippen MR) is 89.4 cm³/mol. The fraction of sp³-hybridized carbons (Fsp3) is 0.579. The van der Waals surface area contributed by atoms with Gasteiger partial charge in [0.15, 0.2) is 0 Å². The van der Waals surface area contributed by atoms with Gasteiger partial charge in [0.2, 0.25) is 11.8 Å². The molecule has 2 fully saturated rings. The highest BCUT2D eigenvalue weighted by Crippen LogP contribution is 2.30. The maximum atomic E-state index is 13.1. The van der Waals surface area contributed by atoms with Crippen molar-refractivity contribution in [2.24, 2.45) is 5.92 Å². The van der Waals surface area contributed by atoms with E-state index < -0.39 is 6.04 Å². The topological polar surface area (TPSA) is 58.6 Å². The van der Waals surface area contributed by atoms with Crippen molar-refractivity contribution in [1.82, 2.24) is 10.2 Å². The third-order valence-corrected chi connectivity index (χ3v) is 5.51. The SMILES string of the molecule is O=C1CCN(CC2CCCO2)C(=O)C(C2Cc3ccccc3C2)N1. The molecule has 3 aliphatic rings. The van der Waals surface area contributed by atoms with Gasteiger partial charge in [0.05, 0.1) is 6.10 Å². The van der Waals surface area contributed by atoms with Gasteiger partial charge in [-0.05, 0) is 42.7 Å². The van der Waals surface area contributed by atoms with E-state index in [0.717, 1.165) is 32.3 Å². The van der Waals surface area contributed by atoms with Crippen molar-refractivity contribution in [3.63, 3.8) is 0 Å². The van der Waals surface area contributed by atoms with Crippen molar-refractivity contribution in [2.75, 3.05) is 19.7 Å². The van der Waals surface area contributed by atoms with Crippen LogP contribution in [0.3, 0.4) is 0 Å². The average molecular weight is 328 g/mol. The molecule has 5 nitrogen and oxygen atoms in total. The molecule has 4 rings (SSSR count). The molecule has 2 amide bonds. The number of carbonyl (C=O) groups is 2. The molecule has 2 heterocycles. The van der Waals surface area contributed by atoms with E-state index in [1.807, 2.05) is 17.0 Å². The molecule has 0 bridgehead atoms. The van der Waals surface area contributed by atoms with Crippen molar-refractivity contribution >= 4 is 11.8 Å². The predicted octanol–water partition coefficient (Wildman–Crippen LogP) is 1.30. The zero-order chi connectivity index (χ0) is 16.5. The summed E-state index contributed by atoms with van der Waals surface area (Å²) in [4.78, 5) is 27.1. The largest absolute Gasteiger partial charge is 0.376 e. The van der Waals surface area contributed by atoms with Crippen LogP contribution in [0.2, 0.25) is 0 Å². The van der Waals surface area contributed by atoms with Gasteiger partial charge in [0, 0.05) is 26.1 Å². The number of ether oxygens (including phenoxy) is 1. The summed E-state index contributed by atoms with van der Waals surface area (Å²) >= 11 is 0. The molecule has 2 unspecified atom stereocenters. The van der Waals surface area contributed by atoms with Gasteiger partial charge in [-0.25, -0.2) is 0 Å². The summed E-state index contributed by atoms with van der Waals surface area (Å²) in [5.74, 6) is 0.206. The molecule has 128 valence electrons. The highest BCUT2D eigenvalue weighted by atomic mass is 16.5. The summed E-state index contributed by atoms with van der Waals surface area (Å²) in [6.45, 7) is 1.90. The van der Waals surface area contributed by atoms with Crippen LogP contribution in [0, 0.1) is 5.92 Å². The van der Waals surface area contributed by atoms with Crippen LogP contribution in [0.4, 0.5) is 0 Å². The van der Waals surface area contributed by atoms with E-state index in [2.05, 4.69) is 17.4 Å². The minimum atomic E-state index is -0.409. The highest BCUT2D eigenvalue weighted by Gasteiger charge is 2.39. The second-order valence-corrected chi connectivity index (χ2v) is 7.15. The van der Waals surface area contributed by atoms with E-state index in [9.17, 15) is 9.59 Å². The van der Waals surface area contributed by atoms with Crippen molar-refractivity contribution in [1.29, 1.82) is 0 Å². The Bertz CT molecular complexity index is 614. The second kappa shape index (κ2) is 6.55. The van der Waals surface area contributed by atoms with Crippen LogP contribution in [0.25, 0.3) is 0 Å². The first-order valence-electron chi connectivity index (χ1n) is 8.97. The Morgan fingerprint density at radius 1 is 1.17 bits per heavy atom. The number of nitrogens with zero attached hydrogens (tertiary/aromatic N) is 1. The van der Waals surface area contributed by atoms with E-state index >= 15 is 0 Å². The Labute approximate surface area is 142 Å². The first-order valence-corrected chi connectivity index (χ1v) is 8.97. The van der Waals surface area contributed by atoms with Crippen LogP contribution in [0.1, 0.15) is 30.4 Å². The summed E-state index contributed by atoms with van der Waals surface area (Å²) in [7, 11) is 0. The summed E-state index contributed by atoms with van der Waals surface area (Å²) in [6.07, 6.45) is 4.30. The first-order chi connectivity index (χ1) is 11.7. The molecule has 2 saturated heterocycles. The molecule has 0 saturated carbocycles. The summed E-state index contributed by atoms with van der Waals surface area (Å²) in [5, 5.41) is 2.99. The molecule has 24 heavy (non-hydrogen) atoms. The Balaban J connectivity index is 1.50. The molecule has 1 N–H and O–H groups in total. The molecule has 2 atom stereocenters. The number of rotatable bonds is 3. The van der Waals surface area contributed by atoms with Gasteiger partial charge in [-0.2, -0.15) is 0 Å². The van der Waals surface area contributed by atoms with Gasteiger partial charge >= 0.3 is 0 Å². The molecule has 1 aliphatic carbocycles. The Hall–Kier alpha value is -1.88. The van der Waals surface area contributed by atoms with Gasteiger partial charge < -0.3 is 15.0 Å². The average Bonchev–Trinajstić information content (AvgIpc) is 3.21. The highest BCUT2D eigenvalue weighted by molar-refractivity contribution is 5.90. The first kappa shape index (κ1) is 15.6. The van der Waals surface area contributed by atoms with Crippen molar-refractivity contribution in [3.05, 3.63) is 35.4 Å². The van der Waals surface area contributed by atoms with Crippen molar-refractivity contribution in [3.8, 4) is 0 Å². The molecule has 1 aromatic rings. The maximum Gasteiger partial charge on any atom is 0.245 e. The molecule has 2 aliphatic heterocycles. The molecule has 5 heteroatoms. The van der Waals surface area contributed by atoms with Gasteiger partial charge in [0.25, 0.3) is 0 Å². The standard InChI is InChI=1S/C19H24N2O3/c22-17-7-8-21(12-16-6-3-9-24-16)19(23)18(20-17)15-10-13-4-1-2-5-14(13)11-15/h1-2,4-5,15-16,18H,3,6-12H2,(H,20,22). The smallest absolute Gasteiger partial charge is 0.245 e. The number of carbonyl (C=O) groups excluding carboxylic acids is 2. The second-order valence-electron chi connectivity index (χ2n) is 7.15. The lowest BCUT2D eigenvalue weighted by molar-refractivity contribution is -0.136. The van der Waals surface area contributed by atoms with Gasteiger partial charge in [-0.3, -0.25) is 9.59 Å². The number of benzene rings is 1. The van der Waals surface area contributed by atoms with E-state index in [0.29, 0.717) is 19.5 Å². The molecule has 0 spiro atoms. The zero-order valence-electron chi connectivity index (χ0n) is 13.9. The van der Waals surface area contributed by atoms with Crippen molar-refractivity contribution in [2.45, 2.75) is 44.2 Å². The van der Waals surface area contributed by atoms with E-state index in [1.165, 1.54) is 11.1 Å². The van der Waals surface area contributed by atoms with E-state index in [-0.39, 0.29) is 23.8 Å². The zero-order valence-corrected chi connectivity index (χ0v) is 13.9. The van der Waals surface area contributed by atoms with Crippen LogP contribution in [0.15, 0.2) is 24.3 Å². The number of nitrogens with one attached hydrogen (secondary N) is 1. The minimum Gasteiger partial charge on any atom is -0.376 e. The van der Waals surface area contributed by atoms with Crippen LogP contribution in [-0.4, -0.2) is 48.6 Å². The van der Waals surface area contributed by atoms with E-state index in [4.69, 9.17) is 4.74 Å². The van der Waals surface area contributed by atoms with Crippen LogP contribution in [0.5, 0.6) is 0 Å². The molecular formula is C19H24N2O3. The van der Waals surface area contributed by atoms with Gasteiger partial charge in [0.1, 0.15) is 6.04 Å². The minimum absolute atomic E-state index is 0.0147. The molecule has 0 radical (unpaired) electrons. The van der Waals surface area contributed by atoms with Gasteiger partial charge in [-0.1, -0.05) is 24.3 Å². The molecular weight excluding hydrogens is 304 g/mol. The maximum absolute atomic E-state index is 13.1. The lowest BCUT2D eigenvalue weighted by atomic mass is 9.95. The fourth-order valence-electron chi connectivity index (χ4n) is 4.21. The lowest BCUT2D eigenvalue weighted by Crippen LogP contribution is -2.50. The van der Waals surface area contributed by atoms with Crippen LogP contribution < -0.4 is 5.32 Å². The third kappa shape index (κ3) is 3.05. The van der Waals surface area contributed by atoms with Gasteiger partial charge in [-0.15, -0.1) is 0 Å². The number of amides is 2. The normalized spacial score (nSPS) is 27.9. The van der Waals surface area contributed by atoms with E-state index in [1.54, 1.807) is 0 Å². The Morgan fingerprint density at radius 2 is 1.92 bits per heavy atom. The molecule has 0 aromatic heterocycles. The lowest BCUT2D eigenvalue weighted by Gasteiger charge is -2.29.